The van der Waals surface area contributed by atoms with E-state index in [0.29, 0.717) is 45.8 Å². The van der Waals surface area contributed by atoms with Gasteiger partial charge < -0.3 is 19.3 Å². The zero-order chi connectivity index (χ0) is 26.3. The Morgan fingerprint density at radius 3 is 1.85 bits per heavy atom. The predicted octanol–water partition coefficient (Wildman–Crippen LogP) is 5.28. The second-order valence-corrected chi connectivity index (χ2v) is 10.6. The van der Waals surface area contributed by atoms with Gasteiger partial charge in [0, 0.05) is 57.6 Å². The van der Waals surface area contributed by atoms with Gasteiger partial charge in [-0.05, 0) is 26.7 Å². The van der Waals surface area contributed by atoms with Crippen LogP contribution in [0, 0.1) is 0 Å². The third-order valence-corrected chi connectivity index (χ3v) is 7.44. The van der Waals surface area contributed by atoms with Crippen LogP contribution in [0.25, 0.3) is 0 Å². The van der Waals surface area contributed by atoms with Gasteiger partial charge in [0.05, 0.1) is 13.0 Å². The smallest absolute Gasteiger partial charge is 0.302 e. The van der Waals surface area contributed by atoms with Crippen molar-refractivity contribution in [2.24, 2.45) is 0 Å². The summed E-state index contributed by atoms with van der Waals surface area (Å²) in [5, 5.41) is 0. The van der Waals surface area contributed by atoms with Crippen LogP contribution in [0.2, 0.25) is 0 Å². The van der Waals surface area contributed by atoms with E-state index in [1.54, 1.807) is 45.5 Å². The Balaban J connectivity index is -0.00000212. The molecule has 0 saturated heterocycles. The van der Waals surface area contributed by atoms with Gasteiger partial charge in [-0.1, -0.05) is 56.2 Å². The van der Waals surface area contributed by atoms with Crippen molar-refractivity contribution in [3.05, 3.63) is 0 Å². The van der Waals surface area contributed by atoms with Crippen LogP contribution in [0.1, 0.15) is 81.1 Å². The summed E-state index contributed by atoms with van der Waals surface area (Å²) in [7, 11) is 6.89. The van der Waals surface area contributed by atoms with Crippen LogP contribution in [0.5, 0.6) is 0 Å². The lowest BCUT2D eigenvalue weighted by Gasteiger charge is -2.26. The topological polar surface area (TPSA) is 76.2 Å². The van der Waals surface area contributed by atoms with Gasteiger partial charge in [-0.15, -0.1) is 0 Å². The number of likely N-dealkylation sites (N-methyl/N-ethyl adjacent to an activating group) is 2. The van der Waals surface area contributed by atoms with E-state index in [0.717, 1.165) is 18.6 Å². The molecule has 0 radical (unpaired) electrons. The molecule has 0 fully saturated rings. The van der Waals surface area contributed by atoms with E-state index < -0.39 is 0 Å². The molecule has 0 aliphatic rings. The van der Waals surface area contributed by atoms with Crippen molar-refractivity contribution in [1.29, 1.82) is 0 Å². The summed E-state index contributed by atoms with van der Waals surface area (Å²) in [6.07, 6.45) is 2.53. The standard InChI is InChI=1S/C20H38N2O5S2.2C2H6/c1-7-13-26-14-9-19(25)22(6)12-11-21(5)18(24)8-10-20(3,4)29-28-16-15-27-17(2)23;2*1-2/h7-16H2,1-6H3;2*1-2H3. The van der Waals surface area contributed by atoms with Crippen LogP contribution in [-0.4, -0.2) is 85.1 Å². The van der Waals surface area contributed by atoms with Crippen LogP contribution in [0.3, 0.4) is 0 Å². The highest BCUT2D eigenvalue weighted by Gasteiger charge is 2.22. The van der Waals surface area contributed by atoms with Gasteiger partial charge in [0.15, 0.2) is 0 Å². The van der Waals surface area contributed by atoms with E-state index in [9.17, 15) is 14.4 Å². The maximum Gasteiger partial charge on any atom is 0.302 e. The summed E-state index contributed by atoms with van der Waals surface area (Å²) in [5.74, 6) is 0.576. The first-order valence-corrected chi connectivity index (χ1v) is 14.4. The molecule has 0 aliphatic carbocycles. The van der Waals surface area contributed by atoms with Crippen LogP contribution in [-0.2, 0) is 23.9 Å². The maximum atomic E-state index is 12.4. The fourth-order valence-electron chi connectivity index (χ4n) is 2.21. The van der Waals surface area contributed by atoms with Crippen molar-refractivity contribution in [2.45, 2.75) is 85.8 Å². The van der Waals surface area contributed by atoms with Crippen LogP contribution < -0.4 is 0 Å². The number of hydrogen-bond donors (Lipinski definition) is 0. The molecule has 0 bridgehead atoms. The molecule has 2 amide bonds. The summed E-state index contributed by atoms with van der Waals surface area (Å²) in [4.78, 5) is 38.5. The lowest BCUT2D eigenvalue weighted by Crippen LogP contribution is -2.38. The van der Waals surface area contributed by atoms with E-state index in [4.69, 9.17) is 9.47 Å². The number of nitrogens with zero attached hydrogens (tertiary/aromatic N) is 2. The second-order valence-electron chi connectivity index (χ2n) is 7.50. The Bertz CT molecular complexity index is 505. The number of hydrogen-bond acceptors (Lipinski definition) is 7. The van der Waals surface area contributed by atoms with Crippen molar-refractivity contribution in [3.8, 4) is 0 Å². The average molecular weight is 511 g/mol. The molecule has 0 heterocycles. The van der Waals surface area contributed by atoms with E-state index in [1.807, 2.05) is 34.6 Å². The molecule has 0 rings (SSSR count). The van der Waals surface area contributed by atoms with Crippen molar-refractivity contribution < 1.29 is 23.9 Å². The quantitative estimate of drug-likeness (QED) is 0.159. The Morgan fingerprint density at radius 2 is 1.36 bits per heavy atom. The molecule has 7 nitrogen and oxygen atoms in total. The molecule has 0 atom stereocenters. The summed E-state index contributed by atoms with van der Waals surface area (Å²) >= 11 is 0. The fraction of sp³-hybridized carbons (Fsp3) is 0.875. The van der Waals surface area contributed by atoms with E-state index >= 15 is 0 Å². The molecule has 0 unspecified atom stereocenters. The first-order chi connectivity index (χ1) is 15.6. The van der Waals surface area contributed by atoms with Crippen LogP contribution >= 0.6 is 21.6 Å². The molecule has 0 spiro atoms. The number of carbonyl (C=O) groups is 3. The minimum absolute atomic E-state index is 0.0327. The number of amides is 2. The average Bonchev–Trinajstić information content (AvgIpc) is 2.80. The normalized spacial score (nSPS) is 10.2. The molecule has 0 aromatic carbocycles. The molecule has 0 aromatic rings. The lowest BCUT2D eigenvalue weighted by atomic mass is 10.1. The molecule has 0 aliphatic heterocycles. The molecule has 198 valence electrons. The summed E-state index contributed by atoms with van der Waals surface area (Å²) in [5.41, 5.74) is 0. The van der Waals surface area contributed by atoms with Crippen LogP contribution in [0.15, 0.2) is 0 Å². The van der Waals surface area contributed by atoms with Gasteiger partial charge in [-0.2, -0.15) is 0 Å². The number of rotatable bonds is 16. The van der Waals surface area contributed by atoms with Gasteiger partial charge in [0.1, 0.15) is 6.61 Å². The van der Waals surface area contributed by atoms with Gasteiger partial charge in [0.2, 0.25) is 11.8 Å². The molecule has 0 N–H and O–H groups in total. The Hall–Kier alpha value is -0.930. The monoisotopic (exact) mass is 510 g/mol. The number of ether oxygens (including phenoxy) is 2. The number of carbonyl (C=O) groups excluding carboxylic acids is 3. The zero-order valence-corrected chi connectivity index (χ0v) is 24.5. The highest BCUT2D eigenvalue weighted by molar-refractivity contribution is 8.77. The van der Waals surface area contributed by atoms with E-state index in [2.05, 4.69) is 13.8 Å². The van der Waals surface area contributed by atoms with Crippen molar-refractivity contribution in [3.63, 3.8) is 0 Å². The first kappa shape index (κ1) is 36.6. The molecule has 9 heteroatoms. The summed E-state index contributed by atoms with van der Waals surface area (Å²) in [6, 6.07) is 0. The molecular formula is C24H50N2O5S2. The minimum Gasteiger partial charge on any atom is -0.465 e. The van der Waals surface area contributed by atoms with Gasteiger partial charge >= 0.3 is 5.97 Å². The van der Waals surface area contributed by atoms with Crippen molar-refractivity contribution >= 4 is 39.4 Å². The Kier molecular flexibility index (Phi) is 26.9. The Labute approximate surface area is 211 Å². The zero-order valence-electron chi connectivity index (χ0n) is 22.8. The first-order valence-electron chi connectivity index (χ1n) is 12.1. The Morgan fingerprint density at radius 1 is 0.848 bits per heavy atom. The predicted molar refractivity (Wildman–Crippen MR) is 144 cm³/mol. The molecular weight excluding hydrogens is 460 g/mol. The minimum atomic E-state index is -0.263. The van der Waals surface area contributed by atoms with Crippen molar-refractivity contribution in [2.75, 3.05) is 52.8 Å². The second kappa shape index (κ2) is 24.2. The maximum absolute atomic E-state index is 12.4. The highest BCUT2D eigenvalue weighted by Crippen LogP contribution is 2.38. The molecule has 33 heavy (non-hydrogen) atoms. The van der Waals surface area contributed by atoms with Gasteiger partial charge in [-0.3, -0.25) is 14.4 Å². The van der Waals surface area contributed by atoms with Crippen molar-refractivity contribution in [1.82, 2.24) is 9.80 Å². The van der Waals surface area contributed by atoms with Gasteiger partial charge in [0.25, 0.3) is 0 Å². The third kappa shape index (κ3) is 24.0. The largest absolute Gasteiger partial charge is 0.465 e. The number of esters is 1. The summed E-state index contributed by atoms with van der Waals surface area (Å²) in [6.45, 7) is 18.2. The van der Waals surface area contributed by atoms with E-state index in [-0.39, 0.29) is 22.5 Å². The highest BCUT2D eigenvalue weighted by atomic mass is 33.1. The van der Waals surface area contributed by atoms with E-state index in [1.165, 1.54) is 6.92 Å². The lowest BCUT2D eigenvalue weighted by molar-refractivity contribution is -0.140. The molecule has 0 aromatic heterocycles. The van der Waals surface area contributed by atoms with Gasteiger partial charge in [-0.25, -0.2) is 0 Å². The fourth-order valence-corrected chi connectivity index (χ4v) is 4.61. The van der Waals surface area contributed by atoms with Crippen LogP contribution in [0.4, 0.5) is 0 Å². The summed E-state index contributed by atoms with van der Waals surface area (Å²) < 4.78 is 10.2. The third-order valence-electron chi connectivity index (χ3n) is 4.13. The SMILES string of the molecule is CC.CC.CCCOCCC(=O)N(C)CCN(C)C(=O)CCC(C)(C)SSCCOC(C)=O. The molecule has 0 saturated carbocycles.